The van der Waals surface area contributed by atoms with Gasteiger partial charge in [-0.25, -0.2) is 9.18 Å². The number of amides is 5. The number of carbonyl (C=O) groups is 6. The number of phenolic OH excluding ortho intramolecular Hbond substituents is 1. The lowest BCUT2D eigenvalue weighted by Gasteiger charge is -2.17. The molecule has 0 aliphatic rings. The van der Waals surface area contributed by atoms with Crippen molar-refractivity contribution >= 4 is 58.3 Å². The van der Waals surface area contributed by atoms with Gasteiger partial charge in [0.05, 0.1) is 50.1 Å². The van der Waals surface area contributed by atoms with E-state index >= 15 is 0 Å². The molecule has 17 nitrogen and oxygen atoms in total. The number of carbonyl (C=O) groups excluding carboxylic acids is 5. The van der Waals surface area contributed by atoms with Gasteiger partial charge in [-0.3, -0.25) is 24.0 Å². The quantitative estimate of drug-likeness (QED) is 0.0670. The number of nitrogens with zero attached hydrogens (tertiary/aromatic N) is 1. The SMILES string of the molecule is COc1c(NC(=O)c2ccc(NC(=O)c3ccc(NC(=O)C(CC#N)NC(=O)c4ccc(NC(=O)Cc5ccc(F)cc5)cc4)cc3)c(OC)c2O)ccc(C(=O)O)c1O. The molecule has 0 aliphatic heterocycles. The number of ether oxygens (including phenoxy) is 2. The van der Waals surface area contributed by atoms with Crippen LogP contribution in [0.1, 0.15) is 53.4 Å². The number of aromatic carboxylic acids is 1. The van der Waals surface area contributed by atoms with Crippen LogP contribution in [-0.2, 0) is 16.0 Å². The zero-order valence-corrected chi connectivity index (χ0v) is 31.7. The molecular weight excluding hydrogens is 783 g/mol. The van der Waals surface area contributed by atoms with Gasteiger partial charge in [-0.15, -0.1) is 0 Å². The number of aromatic hydroxyl groups is 2. The Labute approximate surface area is 340 Å². The van der Waals surface area contributed by atoms with Crippen LogP contribution < -0.4 is 36.1 Å². The molecule has 60 heavy (non-hydrogen) atoms. The normalized spacial score (nSPS) is 10.9. The smallest absolute Gasteiger partial charge is 0.339 e. The first-order valence-corrected chi connectivity index (χ1v) is 17.6. The predicted molar refractivity (Wildman–Crippen MR) is 214 cm³/mol. The number of halogens is 1. The number of hydrogen-bond acceptors (Lipinski definition) is 11. The third-order valence-corrected chi connectivity index (χ3v) is 8.68. The highest BCUT2D eigenvalue weighted by molar-refractivity contribution is 6.10. The summed E-state index contributed by atoms with van der Waals surface area (Å²) in [5.41, 5.74) is 0.584. The van der Waals surface area contributed by atoms with Gasteiger partial charge in [-0.1, -0.05) is 12.1 Å². The molecule has 1 atom stereocenters. The Kier molecular flexibility index (Phi) is 13.6. The van der Waals surface area contributed by atoms with Crippen LogP contribution in [0, 0.1) is 17.1 Å². The van der Waals surface area contributed by atoms with Gasteiger partial charge in [-0.2, -0.15) is 5.26 Å². The van der Waals surface area contributed by atoms with E-state index in [1.807, 2.05) is 6.07 Å². The Balaban J connectivity index is 1.18. The van der Waals surface area contributed by atoms with E-state index in [9.17, 15) is 53.7 Å². The summed E-state index contributed by atoms with van der Waals surface area (Å²) >= 11 is 0. The number of anilines is 4. The molecule has 0 bridgehead atoms. The monoisotopic (exact) mass is 818 g/mol. The molecule has 306 valence electrons. The summed E-state index contributed by atoms with van der Waals surface area (Å²) in [6.07, 6.45) is -0.367. The summed E-state index contributed by atoms with van der Waals surface area (Å²) in [4.78, 5) is 76.1. The molecule has 5 aromatic rings. The van der Waals surface area contributed by atoms with E-state index in [0.717, 1.165) is 13.2 Å². The molecule has 8 N–H and O–H groups in total. The molecular formula is C42H35FN6O11. The lowest BCUT2D eigenvalue weighted by molar-refractivity contribution is -0.118. The fourth-order valence-electron chi connectivity index (χ4n) is 5.67. The van der Waals surface area contributed by atoms with Crippen LogP contribution in [0.3, 0.4) is 0 Å². The molecule has 0 radical (unpaired) electrons. The highest BCUT2D eigenvalue weighted by Gasteiger charge is 2.25. The molecule has 0 fully saturated rings. The Morgan fingerprint density at radius 1 is 0.650 bits per heavy atom. The number of nitriles is 1. The number of rotatable bonds is 15. The second-order valence-corrected chi connectivity index (χ2v) is 12.7. The molecule has 5 aromatic carbocycles. The maximum absolute atomic E-state index is 13.2. The van der Waals surface area contributed by atoms with Gasteiger partial charge < -0.3 is 51.4 Å². The predicted octanol–water partition coefficient (Wildman–Crippen LogP) is 5.29. The van der Waals surface area contributed by atoms with Gasteiger partial charge in [0.25, 0.3) is 17.7 Å². The van der Waals surface area contributed by atoms with Gasteiger partial charge in [0.15, 0.2) is 23.0 Å². The number of hydrogen-bond donors (Lipinski definition) is 8. The summed E-state index contributed by atoms with van der Waals surface area (Å²) in [5.74, 6) is -7.14. The fourth-order valence-corrected chi connectivity index (χ4v) is 5.67. The van der Waals surface area contributed by atoms with Gasteiger partial charge >= 0.3 is 5.97 Å². The number of phenols is 2. The van der Waals surface area contributed by atoms with Crippen LogP contribution in [-0.4, -0.2) is 71.1 Å². The summed E-state index contributed by atoms with van der Waals surface area (Å²) in [6, 6.07) is 22.2. The van der Waals surface area contributed by atoms with Crippen LogP contribution in [0.4, 0.5) is 27.1 Å². The van der Waals surface area contributed by atoms with Gasteiger partial charge in [0.2, 0.25) is 11.8 Å². The zero-order valence-electron chi connectivity index (χ0n) is 31.7. The van der Waals surface area contributed by atoms with Crippen molar-refractivity contribution in [1.29, 1.82) is 5.26 Å². The molecule has 0 aliphatic carbocycles. The van der Waals surface area contributed by atoms with Crippen molar-refractivity contribution in [3.8, 4) is 29.1 Å². The molecule has 0 saturated heterocycles. The van der Waals surface area contributed by atoms with Crippen LogP contribution >= 0.6 is 0 Å². The fraction of sp³-hybridized carbons (Fsp3) is 0.119. The largest absolute Gasteiger partial charge is 0.504 e. The molecule has 0 aromatic heterocycles. The van der Waals surface area contributed by atoms with Crippen molar-refractivity contribution in [3.05, 3.63) is 131 Å². The van der Waals surface area contributed by atoms with Crippen molar-refractivity contribution in [1.82, 2.24) is 5.32 Å². The molecule has 0 saturated carbocycles. The van der Waals surface area contributed by atoms with E-state index in [0.29, 0.717) is 11.3 Å². The van der Waals surface area contributed by atoms with Crippen molar-refractivity contribution in [3.63, 3.8) is 0 Å². The zero-order chi connectivity index (χ0) is 43.5. The van der Waals surface area contributed by atoms with Crippen molar-refractivity contribution in [2.24, 2.45) is 0 Å². The highest BCUT2D eigenvalue weighted by Crippen LogP contribution is 2.40. The van der Waals surface area contributed by atoms with Crippen LogP contribution in [0.15, 0.2) is 97.1 Å². The molecule has 18 heteroatoms. The minimum absolute atomic E-state index is 0.00566. The van der Waals surface area contributed by atoms with E-state index in [1.54, 1.807) is 0 Å². The number of nitrogens with one attached hydrogen (secondary N) is 5. The standard InChI is InChI=1S/C42H35FN6O11/c1-59-36-30(17-15-28(34(36)51)40(55)48-31-18-16-29(42(57)58)35(52)37(31)60-2)47-38(53)23-7-13-27(14-8-23)46-41(56)32(19-20-44)49-39(54)24-5-11-26(12-6-24)45-33(50)21-22-3-9-25(43)10-4-22/h3-18,32,51-52H,19,21H2,1-2H3,(H,45,50)(H,46,56)(H,47,53)(H,48,55)(H,49,54)(H,57,58). The van der Waals surface area contributed by atoms with Gasteiger partial charge in [-0.05, 0) is 90.5 Å². The average Bonchev–Trinajstić information content (AvgIpc) is 3.22. The number of carboxylic acids is 1. The number of methoxy groups -OCH3 is 2. The van der Waals surface area contributed by atoms with E-state index in [2.05, 4.69) is 26.6 Å². The third kappa shape index (κ3) is 10.3. The molecule has 1 unspecified atom stereocenters. The summed E-state index contributed by atoms with van der Waals surface area (Å²) in [5, 5.41) is 52.5. The number of carboxylic acid groups (broad SMARTS) is 1. The molecule has 0 heterocycles. The van der Waals surface area contributed by atoms with E-state index in [-0.39, 0.29) is 64.0 Å². The Morgan fingerprint density at radius 3 is 1.68 bits per heavy atom. The third-order valence-electron chi connectivity index (χ3n) is 8.68. The summed E-state index contributed by atoms with van der Waals surface area (Å²) < 4.78 is 23.5. The average molecular weight is 819 g/mol. The minimum Gasteiger partial charge on any atom is -0.504 e. The number of benzene rings is 5. The van der Waals surface area contributed by atoms with Crippen molar-refractivity contribution in [2.45, 2.75) is 18.9 Å². The summed E-state index contributed by atoms with van der Waals surface area (Å²) in [6.45, 7) is 0. The lowest BCUT2D eigenvalue weighted by Crippen LogP contribution is -2.43. The van der Waals surface area contributed by atoms with Crippen LogP contribution in [0.25, 0.3) is 0 Å². The van der Waals surface area contributed by atoms with Gasteiger partial charge in [0, 0.05) is 22.5 Å². The topological polar surface area (TPSA) is 266 Å². The van der Waals surface area contributed by atoms with E-state index < -0.39 is 58.5 Å². The van der Waals surface area contributed by atoms with E-state index in [4.69, 9.17) is 9.47 Å². The first-order valence-electron chi connectivity index (χ1n) is 17.6. The molecule has 5 amide bonds. The maximum atomic E-state index is 13.2. The van der Waals surface area contributed by atoms with Crippen molar-refractivity contribution < 1.29 is 58.0 Å². The lowest BCUT2D eigenvalue weighted by atomic mass is 10.1. The highest BCUT2D eigenvalue weighted by atomic mass is 19.1. The van der Waals surface area contributed by atoms with Crippen LogP contribution in [0.5, 0.6) is 23.0 Å². The maximum Gasteiger partial charge on any atom is 0.339 e. The van der Waals surface area contributed by atoms with Crippen molar-refractivity contribution in [2.75, 3.05) is 35.5 Å². The molecule has 0 spiro atoms. The second kappa shape index (κ2) is 19.1. The summed E-state index contributed by atoms with van der Waals surface area (Å²) in [7, 11) is 2.35. The first kappa shape index (κ1) is 42.7. The Hall–Kier alpha value is -8.46. The van der Waals surface area contributed by atoms with Gasteiger partial charge in [0.1, 0.15) is 17.4 Å². The first-order chi connectivity index (χ1) is 28.7. The van der Waals surface area contributed by atoms with Crippen LogP contribution in [0.2, 0.25) is 0 Å². The van der Waals surface area contributed by atoms with E-state index in [1.165, 1.54) is 98.1 Å². The molecule has 5 rings (SSSR count). The Bertz CT molecular complexity index is 2500. The Morgan fingerprint density at radius 2 is 1.15 bits per heavy atom. The minimum atomic E-state index is -1.43. The second-order valence-electron chi connectivity index (χ2n) is 12.7.